The minimum atomic E-state index is -0.562. The Bertz CT molecular complexity index is 728. The van der Waals surface area contributed by atoms with E-state index in [2.05, 4.69) is 10.1 Å². The predicted octanol–water partition coefficient (Wildman–Crippen LogP) is 2.71. The van der Waals surface area contributed by atoms with Crippen LogP contribution in [0.25, 0.3) is 0 Å². The van der Waals surface area contributed by atoms with Crippen LogP contribution in [0.3, 0.4) is 0 Å². The molecule has 0 atom stereocenters. The van der Waals surface area contributed by atoms with Gasteiger partial charge in [0.25, 0.3) is 5.91 Å². The highest BCUT2D eigenvalue weighted by molar-refractivity contribution is 6.09. The van der Waals surface area contributed by atoms with Gasteiger partial charge in [-0.05, 0) is 31.2 Å². The minimum Gasteiger partial charge on any atom is -0.493 e. The average molecular weight is 314 g/mol. The molecule has 2 rings (SSSR count). The van der Waals surface area contributed by atoms with E-state index in [1.54, 1.807) is 36.4 Å². The second-order valence-corrected chi connectivity index (χ2v) is 4.64. The molecule has 0 unspecified atom stereocenters. The van der Waals surface area contributed by atoms with Crippen LogP contribution in [-0.4, -0.2) is 25.6 Å². The third-order valence-electron chi connectivity index (χ3n) is 3.19. The SMILES string of the molecule is CCOc1ccccc1C(=O)Nc1cccc(C(=O)OC)c1N. The first-order valence-electron chi connectivity index (χ1n) is 7.08. The monoisotopic (exact) mass is 314 g/mol. The van der Waals surface area contributed by atoms with Crippen LogP contribution >= 0.6 is 0 Å². The zero-order valence-electron chi connectivity index (χ0n) is 13.0. The standard InChI is InChI=1S/C17H18N2O4/c1-3-23-14-10-5-4-7-11(14)16(20)19-13-9-6-8-12(15(13)18)17(21)22-2/h4-10H,3,18H2,1-2H3,(H,19,20). The van der Waals surface area contributed by atoms with Crippen LogP contribution in [0.5, 0.6) is 5.75 Å². The molecule has 0 heterocycles. The zero-order chi connectivity index (χ0) is 16.8. The molecule has 0 fully saturated rings. The molecule has 0 saturated heterocycles. The maximum absolute atomic E-state index is 12.4. The van der Waals surface area contributed by atoms with Gasteiger partial charge in [0.1, 0.15) is 5.75 Å². The van der Waals surface area contributed by atoms with Crippen molar-refractivity contribution in [3.8, 4) is 5.75 Å². The number of ether oxygens (including phenoxy) is 2. The van der Waals surface area contributed by atoms with Gasteiger partial charge in [0.15, 0.2) is 0 Å². The number of esters is 1. The normalized spacial score (nSPS) is 10.0. The first kappa shape index (κ1) is 16.4. The Balaban J connectivity index is 2.29. The Morgan fingerprint density at radius 2 is 1.78 bits per heavy atom. The zero-order valence-corrected chi connectivity index (χ0v) is 13.0. The molecule has 2 aromatic carbocycles. The van der Waals surface area contributed by atoms with E-state index in [9.17, 15) is 9.59 Å². The van der Waals surface area contributed by atoms with E-state index < -0.39 is 5.97 Å². The predicted molar refractivity (Wildman–Crippen MR) is 87.8 cm³/mol. The molecule has 23 heavy (non-hydrogen) atoms. The van der Waals surface area contributed by atoms with Gasteiger partial charge in [0.05, 0.1) is 36.2 Å². The van der Waals surface area contributed by atoms with Crippen molar-refractivity contribution in [2.75, 3.05) is 24.8 Å². The van der Waals surface area contributed by atoms with Crippen molar-refractivity contribution in [2.24, 2.45) is 0 Å². The number of rotatable bonds is 5. The Morgan fingerprint density at radius 3 is 2.48 bits per heavy atom. The summed E-state index contributed by atoms with van der Waals surface area (Å²) in [5.41, 5.74) is 7.01. The number of hydrogen-bond donors (Lipinski definition) is 2. The highest BCUT2D eigenvalue weighted by Gasteiger charge is 2.17. The van der Waals surface area contributed by atoms with Crippen molar-refractivity contribution < 1.29 is 19.1 Å². The van der Waals surface area contributed by atoms with Crippen LogP contribution < -0.4 is 15.8 Å². The summed E-state index contributed by atoms with van der Waals surface area (Å²) in [7, 11) is 1.27. The van der Waals surface area contributed by atoms with Gasteiger partial charge in [-0.2, -0.15) is 0 Å². The molecule has 1 amide bonds. The van der Waals surface area contributed by atoms with E-state index in [0.29, 0.717) is 23.6 Å². The molecule has 0 saturated carbocycles. The van der Waals surface area contributed by atoms with Gasteiger partial charge in [-0.15, -0.1) is 0 Å². The summed E-state index contributed by atoms with van der Waals surface area (Å²) in [6.45, 7) is 2.29. The van der Waals surface area contributed by atoms with Crippen LogP contribution in [0.4, 0.5) is 11.4 Å². The highest BCUT2D eigenvalue weighted by atomic mass is 16.5. The fourth-order valence-corrected chi connectivity index (χ4v) is 2.09. The highest BCUT2D eigenvalue weighted by Crippen LogP contribution is 2.25. The lowest BCUT2D eigenvalue weighted by Gasteiger charge is -2.13. The van der Waals surface area contributed by atoms with Gasteiger partial charge >= 0.3 is 5.97 Å². The molecule has 0 aliphatic heterocycles. The smallest absolute Gasteiger partial charge is 0.340 e. The molecule has 0 aromatic heterocycles. The van der Waals surface area contributed by atoms with Crippen LogP contribution in [-0.2, 0) is 4.74 Å². The number of nitrogens with one attached hydrogen (secondary N) is 1. The summed E-state index contributed by atoms with van der Waals surface area (Å²) in [5, 5.41) is 2.69. The first-order valence-corrected chi connectivity index (χ1v) is 7.08. The van der Waals surface area contributed by atoms with Gasteiger partial charge in [0, 0.05) is 0 Å². The van der Waals surface area contributed by atoms with Crippen molar-refractivity contribution in [3.63, 3.8) is 0 Å². The maximum atomic E-state index is 12.4. The number of methoxy groups -OCH3 is 1. The lowest BCUT2D eigenvalue weighted by atomic mass is 10.1. The summed E-state index contributed by atoms with van der Waals surface area (Å²) < 4.78 is 10.1. The maximum Gasteiger partial charge on any atom is 0.340 e. The number of hydrogen-bond acceptors (Lipinski definition) is 5. The quantitative estimate of drug-likeness (QED) is 0.654. The lowest BCUT2D eigenvalue weighted by molar-refractivity contribution is 0.0601. The van der Waals surface area contributed by atoms with Crippen molar-refractivity contribution in [1.82, 2.24) is 0 Å². The molecule has 2 aromatic rings. The first-order chi connectivity index (χ1) is 11.1. The third-order valence-corrected chi connectivity index (χ3v) is 3.19. The summed E-state index contributed by atoms with van der Waals surface area (Å²) in [6, 6.07) is 11.7. The molecule has 3 N–H and O–H groups in total. The number of anilines is 2. The molecule has 0 radical (unpaired) electrons. The molecule has 6 nitrogen and oxygen atoms in total. The van der Waals surface area contributed by atoms with E-state index >= 15 is 0 Å². The fourth-order valence-electron chi connectivity index (χ4n) is 2.09. The second-order valence-electron chi connectivity index (χ2n) is 4.64. The molecule has 0 aliphatic rings. The van der Waals surface area contributed by atoms with E-state index in [1.807, 2.05) is 6.92 Å². The van der Waals surface area contributed by atoms with Gasteiger partial charge in [0.2, 0.25) is 0 Å². The van der Waals surface area contributed by atoms with E-state index in [1.165, 1.54) is 13.2 Å². The average Bonchev–Trinajstić information content (AvgIpc) is 2.57. The Hall–Kier alpha value is -3.02. The number of carbonyl (C=O) groups excluding carboxylic acids is 2. The number of benzene rings is 2. The van der Waals surface area contributed by atoms with Crippen molar-refractivity contribution >= 4 is 23.3 Å². The van der Waals surface area contributed by atoms with Crippen molar-refractivity contribution in [2.45, 2.75) is 6.92 Å². The molecular formula is C17H18N2O4. The number of nitrogen functional groups attached to an aromatic ring is 1. The molecule has 0 aliphatic carbocycles. The van der Waals surface area contributed by atoms with E-state index in [0.717, 1.165) is 0 Å². The Morgan fingerprint density at radius 1 is 1.09 bits per heavy atom. The van der Waals surface area contributed by atoms with Crippen LogP contribution in [0.1, 0.15) is 27.6 Å². The third kappa shape index (κ3) is 3.60. The van der Waals surface area contributed by atoms with Crippen LogP contribution in [0.2, 0.25) is 0 Å². The topological polar surface area (TPSA) is 90.6 Å². The van der Waals surface area contributed by atoms with Gasteiger partial charge in [-0.3, -0.25) is 4.79 Å². The largest absolute Gasteiger partial charge is 0.493 e. The second kappa shape index (κ2) is 7.31. The van der Waals surface area contributed by atoms with Gasteiger partial charge < -0.3 is 20.5 Å². The van der Waals surface area contributed by atoms with Gasteiger partial charge in [-0.1, -0.05) is 18.2 Å². The van der Waals surface area contributed by atoms with Gasteiger partial charge in [-0.25, -0.2) is 4.79 Å². The number of carbonyl (C=O) groups is 2. The summed E-state index contributed by atoms with van der Waals surface area (Å²) in [5.74, 6) is -0.453. The molecule has 0 bridgehead atoms. The van der Waals surface area contributed by atoms with E-state index in [4.69, 9.17) is 10.5 Å². The number of nitrogens with two attached hydrogens (primary N) is 1. The summed E-state index contributed by atoms with van der Waals surface area (Å²) >= 11 is 0. The molecule has 0 spiro atoms. The minimum absolute atomic E-state index is 0.154. The Labute approximate surface area is 134 Å². The Kier molecular flexibility index (Phi) is 5.19. The molecule has 120 valence electrons. The summed E-state index contributed by atoms with van der Waals surface area (Å²) in [4.78, 5) is 24.1. The fraction of sp³-hybridized carbons (Fsp3) is 0.176. The van der Waals surface area contributed by atoms with Crippen LogP contribution in [0.15, 0.2) is 42.5 Å². The summed E-state index contributed by atoms with van der Waals surface area (Å²) in [6.07, 6.45) is 0. The van der Waals surface area contributed by atoms with E-state index in [-0.39, 0.29) is 17.2 Å². The molecule has 6 heteroatoms. The van der Waals surface area contributed by atoms with Crippen molar-refractivity contribution in [3.05, 3.63) is 53.6 Å². The van der Waals surface area contributed by atoms with Crippen LogP contribution in [0, 0.1) is 0 Å². The molecular weight excluding hydrogens is 296 g/mol. The lowest BCUT2D eigenvalue weighted by Crippen LogP contribution is -2.16. The number of para-hydroxylation sites is 2. The number of amides is 1. The van der Waals surface area contributed by atoms with Crippen molar-refractivity contribution in [1.29, 1.82) is 0 Å².